The van der Waals surface area contributed by atoms with Gasteiger partial charge in [0.05, 0.1) is 12.0 Å². The van der Waals surface area contributed by atoms with E-state index in [1.807, 2.05) is 39.8 Å². The van der Waals surface area contributed by atoms with Crippen LogP contribution in [0.1, 0.15) is 79.5 Å². The van der Waals surface area contributed by atoms with Crippen molar-refractivity contribution < 1.29 is 14.0 Å². The van der Waals surface area contributed by atoms with Gasteiger partial charge >= 0.3 is 5.97 Å². The van der Waals surface area contributed by atoms with E-state index in [4.69, 9.17) is 9.16 Å². The fraction of sp³-hybridized carbons (Fsp3) is 0.581. The average molecular weight is 512 g/mol. The van der Waals surface area contributed by atoms with Crippen LogP contribution in [0.25, 0.3) is 0 Å². The maximum Gasteiger partial charge on any atom is 0.310 e. The van der Waals surface area contributed by atoms with Gasteiger partial charge < -0.3 is 9.16 Å². The molecule has 0 heterocycles. The van der Waals surface area contributed by atoms with Gasteiger partial charge in [0.2, 0.25) is 0 Å². The van der Waals surface area contributed by atoms with E-state index < -0.39 is 13.9 Å². The predicted molar refractivity (Wildman–Crippen MR) is 153 cm³/mol. The Morgan fingerprint density at radius 3 is 1.83 bits per heavy atom. The van der Waals surface area contributed by atoms with Gasteiger partial charge in [-0.3, -0.25) is 9.69 Å². The number of carbonyl (C=O) groups excluding carboxylic acids is 1. The zero-order valence-corrected chi connectivity index (χ0v) is 25.5. The van der Waals surface area contributed by atoms with Crippen molar-refractivity contribution in [3.05, 3.63) is 71.8 Å². The maximum atomic E-state index is 13.5. The second-order valence-electron chi connectivity index (χ2n) is 12.6. The molecule has 0 amide bonds. The Kier molecular flexibility index (Phi) is 10.1. The van der Waals surface area contributed by atoms with Crippen molar-refractivity contribution in [1.29, 1.82) is 0 Å². The molecule has 0 N–H and O–H groups in total. The van der Waals surface area contributed by atoms with Gasteiger partial charge in [-0.05, 0) is 63.9 Å². The highest BCUT2D eigenvalue weighted by atomic mass is 28.4. The summed E-state index contributed by atoms with van der Waals surface area (Å²) in [6, 6.07) is 20.9. The summed E-state index contributed by atoms with van der Waals surface area (Å²) in [6.07, 6.45) is -0.164. The monoisotopic (exact) mass is 511 g/mol. The second-order valence-corrected chi connectivity index (χ2v) is 17.4. The molecule has 0 aliphatic rings. The third kappa shape index (κ3) is 8.29. The number of hydrogen-bond donors (Lipinski definition) is 0. The van der Waals surface area contributed by atoms with Gasteiger partial charge in [-0.2, -0.15) is 0 Å². The molecule has 0 radical (unpaired) electrons. The summed E-state index contributed by atoms with van der Waals surface area (Å²) in [5.41, 5.74) is 1.88. The lowest BCUT2D eigenvalue weighted by Crippen LogP contribution is -2.55. The molecule has 0 saturated heterocycles. The van der Waals surface area contributed by atoms with E-state index in [-0.39, 0.29) is 35.1 Å². The van der Waals surface area contributed by atoms with Gasteiger partial charge in [-0.1, -0.05) is 88.4 Å². The lowest BCUT2D eigenvalue weighted by atomic mass is 9.92. The maximum absolute atomic E-state index is 13.5. The molecule has 2 aromatic rings. The van der Waals surface area contributed by atoms with Gasteiger partial charge in [0.25, 0.3) is 0 Å². The van der Waals surface area contributed by atoms with Gasteiger partial charge in [0, 0.05) is 18.6 Å². The Labute approximate surface area is 221 Å². The number of esters is 1. The molecule has 0 spiro atoms. The van der Waals surface area contributed by atoms with Crippen LogP contribution in [-0.4, -0.2) is 36.9 Å². The van der Waals surface area contributed by atoms with Crippen LogP contribution < -0.4 is 0 Å². The summed E-state index contributed by atoms with van der Waals surface area (Å²) >= 11 is 0. The molecule has 0 aliphatic heterocycles. The first kappa shape index (κ1) is 30.3. The molecule has 0 saturated carbocycles. The molecule has 200 valence electrons. The standard InChI is InChI=1S/C31H49NO3Si/c1-23(29(33)34-30(4,5)6)28(25(3)35-36(10,11)31(7,8)9)32(22-26-18-14-12-15-19-26)24(2)27-20-16-13-17-21-27/h12-21,23-25,28H,22H2,1-11H3/t23-,24+,25+,28-/m1/s1. The first-order chi connectivity index (χ1) is 16.5. The summed E-state index contributed by atoms with van der Waals surface area (Å²) < 4.78 is 12.9. The molecule has 2 aromatic carbocycles. The molecule has 4 nitrogen and oxygen atoms in total. The third-order valence-electron chi connectivity index (χ3n) is 7.43. The summed E-state index contributed by atoms with van der Waals surface area (Å²) in [6.45, 7) is 24.2. The molecule has 0 aromatic heterocycles. The zero-order chi connectivity index (χ0) is 27.3. The molecular formula is C31H49NO3Si. The molecule has 5 heteroatoms. The van der Waals surface area contributed by atoms with Crippen molar-refractivity contribution in [2.24, 2.45) is 5.92 Å². The van der Waals surface area contributed by atoms with Gasteiger partial charge in [0.15, 0.2) is 8.32 Å². The van der Waals surface area contributed by atoms with Crippen molar-refractivity contribution >= 4 is 14.3 Å². The number of ether oxygens (including phenoxy) is 1. The Morgan fingerprint density at radius 1 is 0.861 bits per heavy atom. The Hall–Kier alpha value is -1.95. The molecule has 2 rings (SSSR count). The topological polar surface area (TPSA) is 38.8 Å². The van der Waals surface area contributed by atoms with E-state index in [0.717, 1.165) is 0 Å². The third-order valence-corrected chi connectivity index (χ3v) is 12.0. The number of nitrogens with zero attached hydrogens (tertiary/aromatic N) is 1. The van der Waals surface area contributed by atoms with Crippen LogP contribution >= 0.6 is 0 Å². The van der Waals surface area contributed by atoms with Gasteiger partial charge in [0.1, 0.15) is 5.60 Å². The van der Waals surface area contributed by atoms with Crippen LogP contribution in [0.3, 0.4) is 0 Å². The van der Waals surface area contributed by atoms with E-state index in [1.165, 1.54) is 11.1 Å². The van der Waals surface area contributed by atoms with Gasteiger partial charge in [-0.15, -0.1) is 0 Å². The molecule has 0 unspecified atom stereocenters. The van der Waals surface area contributed by atoms with E-state index in [2.05, 4.69) is 101 Å². The van der Waals surface area contributed by atoms with Gasteiger partial charge in [-0.25, -0.2) is 0 Å². The van der Waals surface area contributed by atoms with Crippen molar-refractivity contribution in [3.8, 4) is 0 Å². The fourth-order valence-corrected chi connectivity index (χ4v) is 5.85. The SMILES string of the molecule is C[C@H](O[Si](C)(C)C(C)(C)C)[C@@H]([C@@H](C)C(=O)OC(C)(C)C)N(Cc1ccccc1)[C@@H](C)c1ccccc1. The molecule has 0 bridgehead atoms. The quantitative estimate of drug-likeness (QED) is 0.239. The first-order valence-corrected chi connectivity index (χ1v) is 16.2. The normalized spacial score (nSPS) is 16.3. The zero-order valence-electron chi connectivity index (χ0n) is 24.5. The smallest absolute Gasteiger partial charge is 0.310 e. The van der Waals surface area contributed by atoms with Crippen molar-refractivity contribution in [2.45, 2.75) is 111 Å². The summed E-state index contributed by atoms with van der Waals surface area (Å²) in [7, 11) is -2.09. The highest BCUT2D eigenvalue weighted by Gasteiger charge is 2.44. The van der Waals surface area contributed by atoms with Crippen molar-refractivity contribution in [3.63, 3.8) is 0 Å². The Bertz CT molecular complexity index is 947. The summed E-state index contributed by atoms with van der Waals surface area (Å²) in [4.78, 5) is 15.9. The van der Waals surface area contributed by atoms with Crippen LogP contribution in [0.2, 0.25) is 18.1 Å². The van der Waals surface area contributed by atoms with Crippen LogP contribution in [0.4, 0.5) is 0 Å². The van der Waals surface area contributed by atoms with E-state index in [0.29, 0.717) is 6.54 Å². The first-order valence-electron chi connectivity index (χ1n) is 13.3. The fourth-order valence-electron chi connectivity index (χ4n) is 4.43. The minimum atomic E-state index is -2.09. The predicted octanol–water partition coefficient (Wildman–Crippen LogP) is 8.01. The minimum absolute atomic E-state index is 0.0657. The molecule has 36 heavy (non-hydrogen) atoms. The van der Waals surface area contributed by atoms with Crippen LogP contribution in [0, 0.1) is 5.92 Å². The van der Waals surface area contributed by atoms with Crippen molar-refractivity contribution in [1.82, 2.24) is 4.90 Å². The number of hydrogen-bond acceptors (Lipinski definition) is 4. The van der Waals surface area contributed by atoms with Crippen molar-refractivity contribution in [2.75, 3.05) is 0 Å². The lowest BCUT2D eigenvalue weighted by molar-refractivity contribution is -0.164. The van der Waals surface area contributed by atoms with Crippen LogP contribution in [-0.2, 0) is 20.5 Å². The molecule has 0 fully saturated rings. The Balaban J connectivity index is 2.58. The molecule has 4 atom stereocenters. The molecule has 0 aliphatic carbocycles. The van der Waals surface area contributed by atoms with Crippen LogP contribution in [0.5, 0.6) is 0 Å². The van der Waals surface area contributed by atoms with E-state index in [9.17, 15) is 4.79 Å². The Morgan fingerprint density at radius 2 is 1.36 bits per heavy atom. The second kappa shape index (κ2) is 12.1. The number of carbonyl (C=O) groups is 1. The molecular weight excluding hydrogens is 462 g/mol. The average Bonchev–Trinajstić information content (AvgIpc) is 2.77. The minimum Gasteiger partial charge on any atom is -0.460 e. The number of rotatable bonds is 10. The summed E-state index contributed by atoms with van der Waals surface area (Å²) in [5.74, 6) is -0.560. The van der Waals surface area contributed by atoms with Crippen LogP contribution in [0.15, 0.2) is 60.7 Å². The van der Waals surface area contributed by atoms with E-state index in [1.54, 1.807) is 0 Å². The summed E-state index contributed by atoms with van der Waals surface area (Å²) in [5, 5.41) is 0.0657. The highest BCUT2D eigenvalue weighted by Crippen LogP contribution is 2.39. The number of benzene rings is 2. The highest BCUT2D eigenvalue weighted by molar-refractivity contribution is 6.74. The lowest BCUT2D eigenvalue weighted by Gasteiger charge is -2.46. The van der Waals surface area contributed by atoms with E-state index >= 15 is 0 Å². The largest absolute Gasteiger partial charge is 0.460 e.